The van der Waals surface area contributed by atoms with Crippen molar-refractivity contribution < 1.29 is 32.6 Å². The standard InChI is InChI=1S/C25H18F2N2O5/c1-13-2-7-20(28-21(13)14-3-4-15-12-32-22(30)17(15)10-14)29-23(31)24(8-9-24)16-5-6-18-19(11-16)34-25(26,27)33-18/h2-7,10-11H,8-9,12H2,1H3,(H,28,29,31). The Morgan fingerprint density at radius 2 is 1.82 bits per heavy atom. The van der Waals surface area contributed by atoms with Crippen molar-refractivity contribution in [2.24, 2.45) is 0 Å². The molecule has 1 fully saturated rings. The number of fused-ring (bicyclic) bond motifs is 2. The molecule has 3 heterocycles. The zero-order valence-electron chi connectivity index (χ0n) is 18.0. The van der Waals surface area contributed by atoms with Crippen LogP contribution in [0.3, 0.4) is 0 Å². The summed E-state index contributed by atoms with van der Waals surface area (Å²) in [6, 6.07) is 13.4. The maximum atomic E-state index is 13.4. The van der Waals surface area contributed by atoms with Crippen molar-refractivity contribution >= 4 is 17.7 Å². The van der Waals surface area contributed by atoms with Crippen molar-refractivity contribution in [2.45, 2.75) is 38.1 Å². The number of nitrogens with one attached hydrogen (secondary N) is 1. The van der Waals surface area contributed by atoms with Crippen LogP contribution in [-0.2, 0) is 21.6 Å². The maximum absolute atomic E-state index is 13.4. The number of nitrogens with zero attached hydrogens (tertiary/aromatic N) is 1. The molecule has 9 heteroatoms. The van der Waals surface area contributed by atoms with E-state index in [1.165, 1.54) is 12.1 Å². The number of alkyl halides is 2. The molecule has 1 N–H and O–H groups in total. The van der Waals surface area contributed by atoms with Gasteiger partial charge in [-0.05, 0) is 55.2 Å². The van der Waals surface area contributed by atoms with E-state index in [0.29, 0.717) is 35.5 Å². The second-order valence-corrected chi connectivity index (χ2v) is 8.68. The molecule has 0 atom stereocenters. The van der Waals surface area contributed by atoms with Crippen LogP contribution >= 0.6 is 0 Å². The highest BCUT2D eigenvalue weighted by molar-refractivity contribution is 6.01. The zero-order chi connectivity index (χ0) is 23.7. The number of aryl methyl sites for hydroxylation is 1. The van der Waals surface area contributed by atoms with Crippen LogP contribution in [0.15, 0.2) is 48.5 Å². The van der Waals surface area contributed by atoms with Gasteiger partial charge in [-0.1, -0.05) is 24.3 Å². The van der Waals surface area contributed by atoms with Gasteiger partial charge in [0, 0.05) is 11.1 Å². The van der Waals surface area contributed by atoms with Gasteiger partial charge in [0.2, 0.25) is 5.91 Å². The van der Waals surface area contributed by atoms with Gasteiger partial charge in [-0.2, -0.15) is 0 Å². The average Bonchev–Trinajstić information content (AvgIpc) is 3.45. The molecule has 3 aromatic rings. The zero-order valence-corrected chi connectivity index (χ0v) is 18.0. The number of hydrogen-bond acceptors (Lipinski definition) is 6. The monoisotopic (exact) mass is 464 g/mol. The van der Waals surface area contributed by atoms with E-state index < -0.39 is 11.7 Å². The normalized spacial score (nSPS) is 18.3. The Labute approximate surface area is 192 Å². The molecule has 2 aliphatic heterocycles. The number of benzene rings is 2. The molecule has 34 heavy (non-hydrogen) atoms. The van der Waals surface area contributed by atoms with E-state index in [-0.39, 0.29) is 30.0 Å². The number of anilines is 1. The summed E-state index contributed by atoms with van der Waals surface area (Å²) in [5.41, 5.74) is 3.32. The van der Waals surface area contributed by atoms with Gasteiger partial charge >= 0.3 is 12.3 Å². The van der Waals surface area contributed by atoms with Crippen LogP contribution in [0.25, 0.3) is 11.3 Å². The number of aromatic nitrogens is 1. The molecule has 0 spiro atoms. The smallest absolute Gasteiger partial charge is 0.457 e. The third-order valence-corrected chi connectivity index (χ3v) is 6.44. The van der Waals surface area contributed by atoms with Crippen molar-refractivity contribution in [1.82, 2.24) is 4.98 Å². The molecule has 1 aromatic heterocycles. The van der Waals surface area contributed by atoms with Crippen LogP contribution in [0.5, 0.6) is 11.5 Å². The van der Waals surface area contributed by atoms with Crippen molar-refractivity contribution in [3.63, 3.8) is 0 Å². The second kappa shape index (κ2) is 6.99. The number of ether oxygens (including phenoxy) is 3. The van der Waals surface area contributed by atoms with Gasteiger partial charge in [-0.25, -0.2) is 9.78 Å². The molecule has 1 saturated carbocycles. The van der Waals surface area contributed by atoms with Crippen LogP contribution in [0, 0.1) is 6.92 Å². The lowest BCUT2D eigenvalue weighted by atomic mass is 9.94. The Morgan fingerprint density at radius 1 is 1.03 bits per heavy atom. The van der Waals surface area contributed by atoms with Crippen LogP contribution < -0.4 is 14.8 Å². The van der Waals surface area contributed by atoms with E-state index in [4.69, 9.17) is 4.74 Å². The number of pyridine rings is 1. The van der Waals surface area contributed by atoms with Crippen LogP contribution in [0.2, 0.25) is 0 Å². The van der Waals surface area contributed by atoms with Gasteiger partial charge in [0.05, 0.1) is 16.7 Å². The molecule has 1 aliphatic carbocycles. The van der Waals surface area contributed by atoms with Gasteiger partial charge in [-0.3, -0.25) is 4.79 Å². The third kappa shape index (κ3) is 3.27. The molecule has 1 amide bonds. The minimum Gasteiger partial charge on any atom is -0.457 e. The Balaban J connectivity index is 1.27. The minimum atomic E-state index is -3.71. The number of esters is 1. The van der Waals surface area contributed by atoms with Crippen molar-refractivity contribution in [2.75, 3.05) is 5.32 Å². The van der Waals surface area contributed by atoms with Crippen LogP contribution in [0.1, 0.15) is 39.9 Å². The van der Waals surface area contributed by atoms with E-state index in [1.807, 2.05) is 25.1 Å². The topological polar surface area (TPSA) is 86.8 Å². The predicted molar refractivity (Wildman–Crippen MR) is 116 cm³/mol. The lowest BCUT2D eigenvalue weighted by Crippen LogP contribution is -2.28. The molecule has 0 unspecified atom stereocenters. The Hall–Kier alpha value is -4.01. The Kier molecular flexibility index (Phi) is 4.23. The lowest BCUT2D eigenvalue weighted by Gasteiger charge is -2.17. The first-order valence-corrected chi connectivity index (χ1v) is 10.7. The quantitative estimate of drug-likeness (QED) is 0.563. The van der Waals surface area contributed by atoms with Crippen molar-refractivity contribution in [1.29, 1.82) is 0 Å². The van der Waals surface area contributed by atoms with Gasteiger partial charge in [0.25, 0.3) is 0 Å². The molecule has 6 rings (SSSR count). The van der Waals surface area contributed by atoms with E-state index in [9.17, 15) is 18.4 Å². The lowest BCUT2D eigenvalue weighted by molar-refractivity contribution is -0.286. The largest absolute Gasteiger partial charge is 0.586 e. The summed E-state index contributed by atoms with van der Waals surface area (Å²) in [7, 11) is 0. The first-order valence-electron chi connectivity index (χ1n) is 10.7. The second-order valence-electron chi connectivity index (χ2n) is 8.68. The number of carbonyl (C=O) groups is 2. The van der Waals surface area contributed by atoms with Gasteiger partial charge in [0.1, 0.15) is 12.4 Å². The van der Waals surface area contributed by atoms with E-state index >= 15 is 0 Å². The number of hydrogen-bond donors (Lipinski definition) is 1. The Morgan fingerprint density at radius 3 is 2.62 bits per heavy atom. The fourth-order valence-electron chi connectivity index (χ4n) is 4.41. The van der Waals surface area contributed by atoms with Gasteiger partial charge in [0.15, 0.2) is 11.5 Å². The number of cyclic esters (lactones) is 1. The average molecular weight is 464 g/mol. The number of carbonyl (C=O) groups excluding carboxylic acids is 2. The summed E-state index contributed by atoms with van der Waals surface area (Å²) in [6.07, 6.45) is -2.57. The van der Waals surface area contributed by atoms with Crippen LogP contribution in [-0.4, -0.2) is 23.2 Å². The highest BCUT2D eigenvalue weighted by atomic mass is 19.3. The third-order valence-electron chi connectivity index (χ3n) is 6.44. The number of rotatable bonds is 4. The first-order chi connectivity index (χ1) is 16.2. The molecule has 0 bridgehead atoms. The fraction of sp³-hybridized carbons (Fsp3) is 0.240. The maximum Gasteiger partial charge on any atom is 0.586 e. The first kappa shape index (κ1) is 20.6. The fourth-order valence-corrected chi connectivity index (χ4v) is 4.41. The molecule has 0 radical (unpaired) electrons. The number of amides is 1. The minimum absolute atomic E-state index is 0.0620. The van der Waals surface area contributed by atoms with E-state index in [2.05, 4.69) is 19.8 Å². The van der Waals surface area contributed by atoms with E-state index in [1.54, 1.807) is 18.2 Å². The SMILES string of the molecule is Cc1ccc(NC(=O)C2(c3ccc4c(c3)OC(F)(F)O4)CC2)nc1-c1ccc2c(c1)C(=O)OC2. The molecule has 7 nitrogen and oxygen atoms in total. The summed E-state index contributed by atoms with van der Waals surface area (Å²) < 4.78 is 40.8. The molecular weight excluding hydrogens is 446 g/mol. The number of halogens is 2. The van der Waals surface area contributed by atoms with Crippen LogP contribution in [0.4, 0.5) is 14.6 Å². The molecule has 2 aromatic carbocycles. The van der Waals surface area contributed by atoms with Gasteiger partial charge in [-0.15, -0.1) is 8.78 Å². The highest BCUT2D eigenvalue weighted by Gasteiger charge is 2.53. The summed E-state index contributed by atoms with van der Waals surface area (Å²) in [4.78, 5) is 29.8. The molecule has 3 aliphatic rings. The van der Waals surface area contributed by atoms with E-state index in [0.717, 1.165) is 16.7 Å². The molecular formula is C25H18F2N2O5. The molecule has 172 valence electrons. The van der Waals surface area contributed by atoms with Gasteiger partial charge < -0.3 is 19.5 Å². The summed E-state index contributed by atoms with van der Waals surface area (Å²) in [5.74, 6) is -0.443. The Bertz CT molecular complexity index is 1380. The molecule has 0 saturated heterocycles. The van der Waals surface area contributed by atoms with Crippen molar-refractivity contribution in [3.8, 4) is 22.8 Å². The highest BCUT2D eigenvalue weighted by Crippen LogP contribution is 2.52. The summed E-state index contributed by atoms with van der Waals surface area (Å²) in [6.45, 7) is 2.15. The van der Waals surface area contributed by atoms with Crippen molar-refractivity contribution in [3.05, 3.63) is 70.8 Å². The summed E-state index contributed by atoms with van der Waals surface area (Å²) in [5, 5.41) is 2.86. The summed E-state index contributed by atoms with van der Waals surface area (Å²) >= 11 is 0. The predicted octanol–water partition coefficient (Wildman–Crippen LogP) is 4.72.